The van der Waals surface area contributed by atoms with Crippen molar-refractivity contribution in [1.29, 1.82) is 0 Å². The topological polar surface area (TPSA) is 247 Å². The summed E-state index contributed by atoms with van der Waals surface area (Å²) in [6.07, 6.45) is 1.66. The fraction of sp³-hybridized carbons (Fsp3) is 0.605. The third kappa shape index (κ3) is 14.3. The maximum Gasteiger partial charge on any atom is 0.306 e. The number of carbonyl (C=O) groups is 2. The number of fused-ring (bicyclic) bond motifs is 1. The standard InChI is InChI=1S/C38H56N8O13/c1-53-18-7-16-43-17-21-55-33-15-10-27(22-32(33)43)26-56-35-25-44(36(47)8-3-5-19-57-45(49)50)29(23-31(35)28-11-13-30(54-2)14-12-28)24-34(38-39-41-42-40-38)59-37(48)9-4-6-20-58-46(51)52/h10-15,22,29,31,34-35,49-52H,3-9,16-21,23-26H2,1-2H3,(H,39,40,41,42). The molecule has 2 aliphatic heterocycles. The molecule has 2 aliphatic rings. The van der Waals surface area contributed by atoms with Crippen molar-refractivity contribution < 1.29 is 63.8 Å². The highest BCUT2D eigenvalue weighted by Crippen LogP contribution is 2.40. The highest BCUT2D eigenvalue weighted by molar-refractivity contribution is 5.77. The van der Waals surface area contributed by atoms with Crippen LogP contribution in [0.25, 0.3) is 0 Å². The van der Waals surface area contributed by atoms with E-state index in [1.807, 2.05) is 36.4 Å². The molecule has 5 rings (SSSR count). The van der Waals surface area contributed by atoms with Crippen LogP contribution in [0, 0.1) is 0 Å². The first-order valence-electron chi connectivity index (χ1n) is 19.7. The number of hydrogen-bond acceptors (Lipinski definition) is 19. The number of aromatic amines is 1. The largest absolute Gasteiger partial charge is 0.497 e. The number of nitrogens with zero attached hydrogens (tertiary/aromatic N) is 7. The van der Waals surface area contributed by atoms with Gasteiger partial charge >= 0.3 is 5.97 Å². The molecule has 0 radical (unpaired) electrons. The predicted octanol–water partition coefficient (Wildman–Crippen LogP) is 3.75. The molecule has 1 aromatic heterocycles. The van der Waals surface area contributed by atoms with Crippen molar-refractivity contribution in [2.45, 2.75) is 88.6 Å². The van der Waals surface area contributed by atoms with Gasteiger partial charge in [0.2, 0.25) is 11.7 Å². The number of rotatable bonds is 25. The quantitative estimate of drug-likeness (QED) is 0.0463. The van der Waals surface area contributed by atoms with Gasteiger partial charge in [-0.15, -0.1) is 10.2 Å². The molecule has 4 atom stereocenters. The Morgan fingerprint density at radius 3 is 2.37 bits per heavy atom. The lowest BCUT2D eigenvalue weighted by atomic mass is 9.81. The van der Waals surface area contributed by atoms with E-state index in [1.165, 1.54) is 0 Å². The van der Waals surface area contributed by atoms with Crippen molar-refractivity contribution in [3.63, 3.8) is 0 Å². The third-order valence-electron chi connectivity index (χ3n) is 10.3. The first-order valence-corrected chi connectivity index (χ1v) is 19.7. The van der Waals surface area contributed by atoms with E-state index in [9.17, 15) is 9.59 Å². The molecule has 1 amide bonds. The van der Waals surface area contributed by atoms with Gasteiger partial charge in [0.05, 0.1) is 56.0 Å². The van der Waals surface area contributed by atoms with Crippen LogP contribution in [0.4, 0.5) is 5.69 Å². The van der Waals surface area contributed by atoms with E-state index in [0.29, 0.717) is 51.1 Å². The molecule has 59 heavy (non-hydrogen) atoms. The minimum absolute atomic E-state index is 0.00712. The molecule has 0 aliphatic carbocycles. The fourth-order valence-electron chi connectivity index (χ4n) is 7.35. The van der Waals surface area contributed by atoms with Gasteiger partial charge < -0.3 is 33.5 Å². The zero-order valence-electron chi connectivity index (χ0n) is 33.5. The highest BCUT2D eigenvalue weighted by atomic mass is 17.1. The van der Waals surface area contributed by atoms with Gasteiger partial charge in [-0.1, -0.05) is 23.4 Å². The summed E-state index contributed by atoms with van der Waals surface area (Å²) in [5.74, 6) is 0.741. The Bertz CT molecular complexity index is 1690. The minimum Gasteiger partial charge on any atom is -0.497 e. The van der Waals surface area contributed by atoms with E-state index < -0.39 is 24.2 Å². The van der Waals surface area contributed by atoms with Crippen molar-refractivity contribution in [1.82, 2.24) is 36.3 Å². The zero-order chi connectivity index (χ0) is 42.0. The molecule has 4 unspecified atom stereocenters. The molecule has 0 bridgehead atoms. The van der Waals surface area contributed by atoms with E-state index >= 15 is 0 Å². The molecule has 1 fully saturated rings. The molecular weight excluding hydrogens is 776 g/mol. The molecule has 3 aromatic rings. The lowest BCUT2D eigenvalue weighted by molar-refractivity contribution is -0.492. The van der Waals surface area contributed by atoms with E-state index in [4.69, 9.17) is 44.5 Å². The van der Waals surface area contributed by atoms with Crippen molar-refractivity contribution in [3.8, 4) is 11.5 Å². The Kier molecular flexibility index (Phi) is 18.4. The SMILES string of the molecule is COCCCN1CCOc2ccc(COC3CN(C(=O)CCCCON(O)O)C(CC(OC(=O)CCCCON(O)O)c4nn[nH]n4)CC3c3ccc(OC)cc3)cc21. The number of unbranched alkanes of at least 4 members (excludes halogenated alkanes) is 2. The average molecular weight is 833 g/mol. The highest BCUT2D eigenvalue weighted by Gasteiger charge is 2.41. The van der Waals surface area contributed by atoms with Crippen LogP contribution >= 0.6 is 0 Å². The van der Waals surface area contributed by atoms with E-state index in [2.05, 4.69) is 41.3 Å². The van der Waals surface area contributed by atoms with Crippen LogP contribution < -0.4 is 14.4 Å². The number of esters is 1. The fourth-order valence-corrected chi connectivity index (χ4v) is 7.35. The third-order valence-corrected chi connectivity index (χ3v) is 10.3. The molecule has 21 nitrogen and oxygen atoms in total. The number of tetrazole rings is 1. The van der Waals surface area contributed by atoms with Gasteiger partial charge in [-0.05, 0) is 73.9 Å². The van der Waals surface area contributed by atoms with Gasteiger partial charge in [-0.3, -0.25) is 40.1 Å². The molecule has 5 N–H and O–H groups in total. The summed E-state index contributed by atoms with van der Waals surface area (Å²) in [5, 5.41) is 49.0. The van der Waals surface area contributed by atoms with Gasteiger partial charge in [0.25, 0.3) is 0 Å². The summed E-state index contributed by atoms with van der Waals surface area (Å²) in [6.45, 7) is 3.28. The Morgan fingerprint density at radius 1 is 0.949 bits per heavy atom. The van der Waals surface area contributed by atoms with Crippen LogP contribution in [0.2, 0.25) is 0 Å². The number of anilines is 1. The predicted molar refractivity (Wildman–Crippen MR) is 203 cm³/mol. The monoisotopic (exact) mass is 832 g/mol. The van der Waals surface area contributed by atoms with Gasteiger partial charge in [0.1, 0.15) is 18.1 Å². The van der Waals surface area contributed by atoms with Crippen LogP contribution in [0.5, 0.6) is 11.5 Å². The normalized spacial score (nSPS) is 18.5. The van der Waals surface area contributed by atoms with E-state index in [0.717, 1.165) is 42.1 Å². The number of amides is 1. The number of aromatic nitrogens is 4. The molecular formula is C38H56N8O13. The van der Waals surface area contributed by atoms with Crippen LogP contribution in [0.15, 0.2) is 42.5 Å². The number of hydrogen-bond donors (Lipinski definition) is 5. The Balaban J connectivity index is 1.38. The van der Waals surface area contributed by atoms with Gasteiger partial charge in [0.15, 0.2) is 6.10 Å². The summed E-state index contributed by atoms with van der Waals surface area (Å²) in [7, 11) is 3.29. The first kappa shape index (κ1) is 45.5. The second-order valence-corrected chi connectivity index (χ2v) is 14.2. The number of benzene rings is 2. The molecule has 1 saturated heterocycles. The molecule has 326 valence electrons. The van der Waals surface area contributed by atoms with E-state index in [-0.39, 0.29) is 74.1 Å². The van der Waals surface area contributed by atoms with Crippen molar-refractivity contribution in [3.05, 3.63) is 59.4 Å². The zero-order valence-corrected chi connectivity index (χ0v) is 33.5. The maximum absolute atomic E-state index is 14.2. The lowest BCUT2D eigenvalue weighted by Crippen LogP contribution is -2.53. The number of likely N-dealkylation sites (tertiary alicyclic amines) is 1. The number of methoxy groups -OCH3 is 2. The smallest absolute Gasteiger partial charge is 0.306 e. The number of nitrogens with one attached hydrogen (secondary N) is 1. The van der Waals surface area contributed by atoms with Crippen LogP contribution in [-0.2, 0) is 40.1 Å². The van der Waals surface area contributed by atoms with Crippen molar-refractivity contribution in [2.75, 3.05) is 65.2 Å². The molecule has 2 aromatic carbocycles. The van der Waals surface area contributed by atoms with Crippen LogP contribution in [0.3, 0.4) is 0 Å². The summed E-state index contributed by atoms with van der Waals surface area (Å²) in [6, 6.07) is 13.3. The second kappa shape index (κ2) is 23.9. The number of carbonyl (C=O) groups excluding carboxylic acids is 2. The minimum atomic E-state index is -0.963. The van der Waals surface area contributed by atoms with Crippen LogP contribution in [0.1, 0.15) is 86.8 Å². The molecule has 3 heterocycles. The molecule has 21 heteroatoms. The van der Waals surface area contributed by atoms with Gasteiger partial charge in [-0.25, -0.2) is 0 Å². The average Bonchev–Trinajstić information content (AvgIpc) is 3.78. The number of H-pyrrole nitrogens is 1. The number of piperidine rings is 1. The Hall–Kier alpha value is -4.55. The van der Waals surface area contributed by atoms with Gasteiger partial charge in [0, 0.05) is 58.0 Å². The molecule has 0 spiro atoms. The second-order valence-electron chi connectivity index (χ2n) is 14.2. The van der Waals surface area contributed by atoms with E-state index in [1.54, 1.807) is 19.1 Å². The summed E-state index contributed by atoms with van der Waals surface area (Å²) in [4.78, 5) is 40.6. The summed E-state index contributed by atoms with van der Waals surface area (Å²) >= 11 is 0. The first-order chi connectivity index (χ1) is 28.6. The van der Waals surface area contributed by atoms with Crippen LogP contribution in [-0.4, -0.2) is 141 Å². The summed E-state index contributed by atoms with van der Waals surface area (Å²) in [5.41, 5.74) is 2.92. The Morgan fingerprint density at radius 2 is 1.69 bits per heavy atom. The number of ether oxygens (including phenoxy) is 5. The Labute approximate surface area is 341 Å². The maximum atomic E-state index is 14.2. The molecule has 0 saturated carbocycles. The van der Waals surface area contributed by atoms with Crippen molar-refractivity contribution in [2.24, 2.45) is 0 Å². The van der Waals surface area contributed by atoms with Crippen molar-refractivity contribution >= 4 is 17.6 Å². The lowest BCUT2D eigenvalue weighted by Gasteiger charge is -2.45. The summed E-state index contributed by atoms with van der Waals surface area (Å²) < 4.78 is 29.4. The van der Waals surface area contributed by atoms with Gasteiger partial charge in [-0.2, -0.15) is 5.21 Å².